The van der Waals surface area contributed by atoms with Gasteiger partial charge in [-0.1, -0.05) is 12.1 Å². The van der Waals surface area contributed by atoms with E-state index in [1.165, 1.54) is 11.3 Å². The average molecular weight is 443 g/mol. The summed E-state index contributed by atoms with van der Waals surface area (Å²) in [5.41, 5.74) is 3.56. The number of rotatable bonds is 7. The predicted molar refractivity (Wildman–Crippen MR) is 124 cm³/mol. The van der Waals surface area contributed by atoms with Gasteiger partial charge < -0.3 is 19.5 Å². The number of β-amino-alcohol motifs (C(OH)–C–C–N with tert-alkyl or cyclic N) is 1. The zero-order chi connectivity index (χ0) is 19.2. The Hall–Kier alpha value is -1.66. The minimum Gasteiger partial charge on any atom is -0.497 e. The van der Waals surface area contributed by atoms with Gasteiger partial charge in [-0.25, -0.2) is 0 Å². The number of hydrogen-bond donors (Lipinski definition) is 1. The van der Waals surface area contributed by atoms with E-state index in [-0.39, 0.29) is 24.8 Å². The molecule has 5 nitrogen and oxygen atoms in total. The third-order valence-corrected chi connectivity index (χ3v) is 5.26. The van der Waals surface area contributed by atoms with Gasteiger partial charge in [-0.3, -0.25) is 4.90 Å². The van der Waals surface area contributed by atoms with Gasteiger partial charge in [-0.05, 0) is 55.3 Å². The number of ether oxygens (including phenoxy) is 2. The highest BCUT2D eigenvalue weighted by atomic mass is 35.5. The molecule has 1 unspecified atom stereocenters. The molecular weight excluding hydrogens is 411 g/mol. The van der Waals surface area contributed by atoms with E-state index in [4.69, 9.17) is 9.47 Å². The Kier molecular flexibility index (Phi) is 10.6. The zero-order valence-electron chi connectivity index (χ0n) is 17.3. The van der Waals surface area contributed by atoms with Crippen LogP contribution in [-0.2, 0) is 0 Å². The van der Waals surface area contributed by atoms with E-state index < -0.39 is 6.10 Å². The van der Waals surface area contributed by atoms with Crippen molar-refractivity contribution in [3.63, 3.8) is 0 Å². The van der Waals surface area contributed by atoms with Crippen LogP contribution in [0.1, 0.15) is 11.1 Å². The molecule has 1 N–H and O–H groups in total. The summed E-state index contributed by atoms with van der Waals surface area (Å²) < 4.78 is 11.1. The minimum absolute atomic E-state index is 0. The summed E-state index contributed by atoms with van der Waals surface area (Å²) in [5.74, 6) is 1.74. The number of aryl methyl sites for hydroxylation is 1. The van der Waals surface area contributed by atoms with E-state index in [9.17, 15) is 5.11 Å². The summed E-state index contributed by atoms with van der Waals surface area (Å²) in [5, 5.41) is 10.4. The molecule has 0 saturated carbocycles. The van der Waals surface area contributed by atoms with Crippen LogP contribution in [0.25, 0.3) is 0 Å². The predicted octanol–water partition coefficient (Wildman–Crippen LogP) is 3.72. The standard InChI is InChI=1S/C22H30N2O3.2ClH/c1-17-5-4-6-22(18(17)2)27-16-20(25)15-23-11-13-24(14-12-23)19-7-9-21(26-3)10-8-19;;/h4-10,20,25H,11-16H2,1-3H3;2*1H. The Morgan fingerprint density at radius 1 is 0.966 bits per heavy atom. The Morgan fingerprint density at radius 2 is 1.62 bits per heavy atom. The molecule has 3 rings (SSSR count). The molecular formula is C22H32Cl2N2O3. The highest BCUT2D eigenvalue weighted by Gasteiger charge is 2.20. The number of anilines is 1. The maximum atomic E-state index is 10.4. The Labute approximate surface area is 186 Å². The highest BCUT2D eigenvalue weighted by molar-refractivity contribution is 5.85. The van der Waals surface area contributed by atoms with Crippen LogP contribution in [0.15, 0.2) is 42.5 Å². The third-order valence-electron chi connectivity index (χ3n) is 5.26. The average Bonchev–Trinajstić information content (AvgIpc) is 2.70. The molecule has 1 aliphatic heterocycles. The molecule has 1 fully saturated rings. The first-order valence-corrected chi connectivity index (χ1v) is 9.55. The lowest BCUT2D eigenvalue weighted by Crippen LogP contribution is -2.49. The van der Waals surface area contributed by atoms with Crippen LogP contribution in [0.3, 0.4) is 0 Å². The van der Waals surface area contributed by atoms with Gasteiger partial charge in [0.05, 0.1) is 7.11 Å². The normalized spacial score (nSPS) is 15.1. The summed E-state index contributed by atoms with van der Waals surface area (Å²) in [6.45, 7) is 8.87. The van der Waals surface area contributed by atoms with Crippen LogP contribution in [0.5, 0.6) is 11.5 Å². The molecule has 1 saturated heterocycles. The van der Waals surface area contributed by atoms with Crippen molar-refractivity contribution in [3.8, 4) is 11.5 Å². The molecule has 0 bridgehead atoms. The molecule has 29 heavy (non-hydrogen) atoms. The van der Waals surface area contributed by atoms with Crippen molar-refractivity contribution < 1.29 is 14.6 Å². The zero-order valence-corrected chi connectivity index (χ0v) is 19.0. The van der Waals surface area contributed by atoms with E-state index in [1.54, 1.807) is 7.11 Å². The fraction of sp³-hybridized carbons (Fsp3) is 0.455. The lowest BCUT2D eigenvalue weighted by atomic mass is 10.1. The molecule has 2 aromatic rings. The number of piperazine rings is 1. The van der Waals surface area contributed by atoms with E-state index >= 15 is 0 Å². The van der Waals surface area contributed by atoms with E-state index in [2.05, 4.69) is 41.8 Å². The number of nitrogens with zero attached hydrogens (tertiary/aromatic N) is 2. The number of halogens is 2. The second-order valence-corrected chi connectivity index (χ2v) is 7.15. The Morgan fingerprint density at radius 3 is 2.24 bits per heavy atom. The number of benzene rings is 2. The van der Waals surface area contributed by atoms with Crippen molar-refractivity contribution in [3.05, 3.63) is 53.6 Å². The van der Waals surface area contributed by atoms with Crippen molar-refractivity contribution in [1.82, 2.24) is 4.90 Å². The second kappa shape index (κ2) is 12.1. The number of methoxy groups -OCH3 is 1. The van der Waals surface area contributed by atoms with Gasteiger partial charge in [0, 0.05) is 38.4 Å². The maximum absolute atomic E-state index is 10.4. The molecule has 162 valence electrons. The molecule has 0 aliphatic carbocycles. The molecule has 1 heterocycles. The fourth-order valence-electron chi connectivity index (χ4n) is 3.40. The van der Waals surface area contributed by atoms with Gasteiger partial charge in [0.1, 0.15) is 24.2 Å². The van der Waals surface area contributed by atoms with E-state index in [0.29, 0.717) is 13.2 Å². The van der Waals surface area contributed by atoms with Crippen LogP contribution in [-0.4, -0.2) is 62.6 Å². The van der Waals surface area contributed by atoms with E-state index in [1.807, 2.05) is 24.3 Å². The first-order chi connectivity index (χ1) is 13.1. The summed E-state index contributed by atoms with van der Waals surface area (Å²) in [6, 6.07) is 14.2. The van der Waals surface area contributed by atoms with Crippen molar-refractivity contribution in [1.29, 1.82) is 0 Å². The Bertz CT molecular complexity index is 735. The van der Waals surface area contributed by atoms with Gasteiger partial charge in [-0.15, -0.1) is 24.8 Å². The van der Waals surface area contributed by atoms with Gasteiger partial charge in [0.25, 0.3) is 0 Å². The van der Waals surface area contributed by atoms with E-state index in [0.717, 1.165) is 43.2 Å². The second-order valence-electron chi connectivity index (χ2n) is 7.15. The van der Waals surface area contributed by atoms with Gasteiger partial charge in [0.2, 0.25) is 0 Å². The molecule has 0 amide bonds. The molecule has 7 heteroatoms. The first kappa shape index (κ1) is 25.4. The fourth-order valence-corrected chi connectivity index (χ4v) is 3.40. The monoisotopic (exact) mass is 442 g/mol. The van der Waals surface area contributed by atoms with Crippen LogP contribution in [0.4, 0.5) is 5.69 Å². The lowest BCUT2D eigenvalue weighted by molar-refractivity contribution is 0.0660. The number of hydrogen-bond acceptors (Lipinski definition) is 5. The molecule has 0 radical (unpaired) electrons. The number of aliphatic hydroxyl groups is 1. The third kappa shape index (κ3) is 6.96. The Balaban J connectivity index is 0.00000210. The van der Waals surface area contributed by atoms with Gasteiger partial charge in [0.15, 0.2) is 0 Å². The maximum Gasteiger partial charge on any atom is 0.122 e. The van der Waals surface area contributed by atoms with Crippen molar-refractivity contribution >= 4 is 30.5 Å². The summed E-state index contributed by atoms with van der Waals surface area (Å²) >= 11 is 0. The first-order valence-electron chi connectivity index (χ1n) is 9.55. The van der Waals surface area contributed by atoms with Crippen molar-refractivity contribution in [2.75, 3.05) is 51.3 Å². The smallest absolute Gasteiger partial charge is 0.122 e. The summed E-state index contributed by atoms with van der Waals surface area (Å²) in [6.07, 6.45) is -0.488. The van der Waals surface area contributed by atoms with Crippen LogP contribution < -0.4 is 14.4 Å². The quantitative estimate of drug-likeness (QED) is 0.707. The summed E-state index contributed by atoms with van der Waals surface area (Å²) in [7, 11) is 1.68. The number of aliphatic hydroxyl groups excluding tert-OH is 1. The molecule has 1 aliphatic rings. The summed E-state index contributed by atoms with van der Waals surface area (Å²) in [4.78, 5) is 4.67. The molecule has 0 spiro atoms. The van der Waals surface area contributed by atoms with Crippen LogP contribution >= 0.6 is 24.8 Å². The molecule has 2 aromatic carbocycles. The lowest BCUT2D eigenvalue weighted by Gasteiger charge is -2.36. The highest BCUT2D eigenvalue weighted by Crippen LogP contribution is 2.22. The molecule has 1 atom stereocenters. The minimum atomic E-state index is -0.488. The van der Waals surface area contributed by atoms with Crippen molar-refractivity contribution in [2.24, 2.45) is 0 Å². The van der Waals surface area contributed by atoms with Gasteiger partial charge >= 0.3 is 0 Å². The van der Waals surface area contributed by atoms with Crippen LogP contribution in [0.2, 0.25) is 0 Å². The van der Waals surface area contributed by atoms with Gasteiger partial charge in [-0.2, -0.15) is 0 Å². The van der Waals surface area contributed by atoms with Crippen LogP contribution in [0, 0.1) is 13.8 Å². The topological polar surface area (TPSA) is 45.2 Å². The largest absolute Gasteiger partial charge is 0.497 e. The van der Waals surface area contributed by atoms with Crippen molar-refractivity contribution in [2.45, 2.75) is 20.0 Å². The SMILES string of the molecule is COc1ccc(N2CCN(CC(O)COc3cccc(C)c3C)CC2)cc1.Cl.Cl. The molecule has 0 aromatic heterocycles.